The summed E-state index contributed by atoms with van der Waals surface area (Å²) in [6.07, 6.45) is 7.84. The van der Waals surface area contributed by atoms with Crippen molar-refractivity contribution in [2.24, 2.45) is 0 Å². The molecule has 1 aliphatic rings. The summed E-state index contributed by atoms with van der Waals surface area (Å²) in [4.78, 5) is 0. The molecule has 0 heterocycles. The molecule has 1 fully saturated rings. The quantitative estimate of drug-likeness (QED) is 0.665. The van der Waals surface area contributed by atoms with Gasteiger partial charge in [0.25, 0.3) is 0 Å². The molecule has 0 radical (unpaired) electrons. The number of ether oxygens (including phenoxy) is 2. The van der Waals surface area contributed by atoms with Crippen molar-refractivity contribution < 1.29 is 9.47 Å². The van der Waals surface area contributed by atoms with Gasteiger partial charge in [0.2, 0.25) is 0 Å². The van der Waals surface area contributed by atoms with Gasteiger partial charge in [-0.2, -0.15) is 0 Å². The zero-order valence-electron chi connectivity index (χ0n) is 11.8. The summed E-state index contributed by atoms with van der Waals surface area (Å²) in [7, 11) is 1.75. The molecule has 3 nitrogen and oxygen atoms in total. The SMILES string of the molecule is COC(C)(C)CCOCCNC1CCCCC1. The van der Waals surface area contributed by atoms with Gasteiger partial charge in [0, 0.05) is 26.3 Å². The predicted molar refractivity (Wildman–Crippen MR) is 71.4 cm³/mol. The highest BCUT2D eigenvalue weighted by Gasteiger charge is 2.15. The lowest BCUT2D eigenvalue weighted by Gasteiger charge is -2.24. The van der Waals surface area contributed by atoms with Crippen LogP contribution in [-0.4, -0.2) is 38.5 Å². The highest BCUT2D eigenvalue weighted by Crippen LogP contribution is 2.17. The summed E-state index contributed by atoms with van der Waals surface area (Å²) in [6.45, 7) is 6.77. The third-order valence-electron chi connectivity index (χ3n) is 3.69. The second kappa shape index (κ2) is 8.06. The standard InChI is InChI=1S/C14H29NO2/c1-14(2,16-3)9-11-17-12-10-15-13-7-5-4-6-8-13/h13,15H,4-12H2,1-3H3. The van der Waals surface area contributed by atoms with Crippen molar-refractivity contribution >= 4 is 0 Å². The van der Waals surface area contributed by atoms with E-state index in [4.69, 9.17) is 9.47 Å². The van der Waals surface area contributed by atoms with Crippen molar-refractivity contribution in [3.05, 3.63) is 0 Å². The minimum Gasteiger partial charge on any atom is -0.380 e. The first kappa shape index (κ1) is 14.9. The largest absolute Gasteiger partial charge is 0.380 e. The summed E-state index contributed by atoms with van der Waals surface area (Å²) >= 11 is 0. The Morgan fingerprint density at radius 2 is 1.82 bits per heavy atom. The third kappa shape index (κ3) is 7.02. The van der Waals surface area contributed by atoms with E-state index in [1.165, 1.54) is 32.1 Å². The van der Waals surface area contributed by atoms with Crippen molar-refractivity contribution in [1.82, 2.24) is 5.32 Å². The van der Waals surface area contributed by atoms with Crippen LogP contribution in [0.5, 0.6) is 0 Å². The van der Waals surface area contributed by atoms with Crippen molar-refractivity contribution in [3.8, 4) is 0 Å². The van der Waals surface area contributed by atoms with Crippen LogP contribution in [0.4, 0.5) is 0 Å². The van der Waals surface area contributed by atoms with E-state index in [9.17, 15) is 0 Å². The first-order valence-corrected chi connectivity index (χ1v) is 7.00. The van der Waals surface area contributed by atoms with Crippen molar-refractivity contribution in [1.29, 1.82) is 0 Å². The van der Waals surface area contributed by atoms with Gasteiger partial charge >= 0.3 is 0 Å². The molecule has 0 aromatic rings. The maximum atomic E-state index is 5.62. The molecule has 0 spiro atoms. The molecule has 1 saturated carbocycles. The van der Waals surface area contributed by atoms with Crippen LogP contribution in [0.3, 0.4) is 0 Å². The molecule has 17 heavy (non-hydrogen) atoms. The fraction of sp³-hybridized carbons (Fsp3) is 1.00. The minimum atomic E-state index is -0.0587. The topological polar surface area (TPSA) is 30.5 Å². The van der Waals surface area contributed by atoms with E-state index >= 15 is 0 Å². The molecule has 1 N–H and O–H groups in total. The summed E-state index contributed by atoms with van der Waals surface area (Å²) in [5.74, 6) is 0. The molecule has 1 rings (SSSR count). The highest BCUT2D eigenvalue weighted by atomic mass is 16.5. The lowest BCUT2D eigenvalue weighted by molar-refractivity contribution is -0.00957. The van der Waals surface area contributed by atoms with Gasteiger partial charge in [-0.15, -0.1) is 0 Å². The van der Waals surface area contributed by atoms with Crippen LogP contribution in [-0.2, 0) is 9.47 Å². The van der Waals surface area contributed by atoms with Crippen LogP contribution in [0, 0.1) is 0 Å². The molecule has 0 aromatic heterocycles. The Labute approximate surface area is 106 Å². The Kier molecular flexibility index (Phi) is 7.09. The smallest absolute Gasteiger partial charge is 0.0644 e. The molecule has 1 aliphatic carbocycles. The lowest BCUT2D eigenvalue weighted by atomic mass is 9.96. The summed E-state index contributed by atoms with van der Waals surface area (Å²) in [6, 6.07) is 0.739. The maximum absolute atomic E-state index is 5.62. The van der Waals surface area contributed by atoms with E-state index in [2.05, 4.69) is 19.2 Å². The Morgan fingerprint density at radius 1 is 1.12 bits per heavy atom. The fourth-order valence-electron chi connectivity index (χ4n) is 2.16. The van der Waals surface area contributed by atoms with Crippen LogP contribution in [0.15, 0.2) is 0 Å². The average Bonchev–Trinajstić information content (AvgIpc) is 2.35. The number of hydrogen-bond acceptors (Lipinski definition) is 3. The first-order chi connectivity index (χ1) is 8.14. The maximum Gasteiger partial charge on any atom is 0.0644 e. The van der Waals surface area contributed by atoms with Crippen LogP contribution in [0.1, 0.15) is 52.4 Å². The third-order valence-corrected chi connectivity index (χ3v) is 3.69. The zero-order valence-corrected chi connectivity index (χ0v) is 11.8. The van der Waals surface area contributed by atoms with Gasteiger partial charge in [0.1, 0.15) is 0 Å². The molecule has 0 aliphatic heterocycles. The highest BCUT2D eigenvalue weighted by molar-refractivity contribution is 4.71. The van der Waals surface area contributed by atoms with E-state index in [1.54, 1.807) is 7.11 Å². The summed E-state index contributed by atoms with van der Waals surface area (Å²) in [5, 5.41) is 3.58. The fourth-order valence-corrected chi connectivity index (χ4v) is 2.16. The van der Waals surface area contributed by atoms with Crippen molar-refractivity contribution in [2.75, 3.05) is 26.9 Å². The monoisotopic (exact) mass is 243 g/mol. The van der Waals surface area contributed by atoms with Gasteiger partial charge in [-0.25, -0.2) is 0 Å². The minimum absolute atomic E-state index is 0.0587. The van der Waals surface area contributed by atoms with Gasteiger partial charge in [-0.05, 0) is 33.1 Å². The van der Waals surface area contributed by atoms with Gasteiger partial charge < -0.3 is 14.8 Å². The van der Waals surface area contributed by atoms with Gasteiger partial charge in [0.15, 0.2) is 0 Å². The Morgan fingerprint density at radius 3 is 2.47 bits per heavy atom. The van der Waals surface area contributed by atoms with Gasteiger partial charge in [0.05, 0.1) is 12.2 Å². The Balaban J connectivity index is 1.90. The normalized spacial score (nSPS) is 18.5. The van der Waals surface area contributed by atoms with Gasteiger partial charge in [-0.1, -0.05) is 19.3 Å². The predicted octanol–water partition coefficient (Wildman–Crippen LogP) is 2.74. The van der Waals surface area contributed by atoms with Crippen LogP contribution < -0.4 is 5.32 Å². The molecule has 0 bridgehead atoms. The van der Waals surface area contributed by atoms with E-state index < -0.39 is 0 Å². The molecule has 0 unspecified atom stereocenters. The molecule has 0 amide bonds. The van der Waals surface area contributed by atoms with E-state index in [0.29, 0.717) is 0 Å². The molecular weight excluding hydrogens is 214 g/mol. The molecule has 102 valence electrons. The second-order valence-corrected chi connectivity index (χ2v) is 5.62. The summed E-state index contributed by atoms with van der Waals surface area (Å²) < 4.78 is 11.0. The van der Waals surface area contributed by atoms with E-state index in [1.807, 2.05) is 0 Å². The summed E-state index contributed by atoms with van der Waals surface area (Å²) in [5.41, 5.74) is -0.0587. The number of hydrogen-bond donors (Lipinski definition) is 1. The molecule has 0 atom stereocenters. The van der Waals surface area contributed by atoms with Gasteiger partial charge in [-0.3, -0.25) is 0 Å². The van der Waals surface area contributed by atoms with Crippen LogP contribution >= 0.6 is 0 Å². The molecule has 3 heteroatoms. The van der Waals surface area contributed by atoms with Crippen LogP contribution in [0.25, 0.3) is 0 Å². The van der Waals surface area contributed by atoms with Crippen LogP contribution in [0.2, 0.25) is 0 Å². The number of nitrogens with one attached hydrogen (secondary N) is 1. The lowest BCUT2D eigenvalue weighted by Crippen LogP contribution is -2.33. The van der Waals surface area contributed by atoms with E-state index in [0.717, 1.165) is 32.2 Å². The average molecular weight is 243 g/mol. The molecule has 0 aromatic carbocycles. The van der Waals surface area contributed by atoms with Crippen molar-refractivity contribution in [2.45, 2.75) is 64.0 Å². The Bertz CT molecular complexity index is 189. The molecule has 0 saturated heterocycles. The second-order valence-electron chi connectivity index (χ2n) is 5.62. The molecular formula is C14H29NO2. The zero-order chi connectivity index (χ0) is 12.6. The number of rotatable bonds is 8. The first-order valence-electron chi connectivity index (χ1n) is 7.00. The van der Waals surface area contributed by atoms with E-state index in [-0.39, 0.29) is 5.60 Å². The Hall–Kier alpha value is -0.120. The number of methoxy groups -OCH3 is 1. The van der Waals surface area contributed by atoms with Crippen molar-refractivity contribution in [3.63, 3.8) is 0 Å².